The highest BCUT2D eigenvalue weighted by atomic mass is 35.5. The Bertz CT molecular complexity index is 1820. The summed E-state index contributed by atoms with van der Waals surface area (Å²) in [4.78, 5) is 9.27. The molecule has 0 radical (unpaired) electrons. The summed E-state index contributed by atoms with van der Waals surface area (Å²) in [5, 5.41) is 5.86. The maximum atomic E-state index is 6.42. The molecule has 31 heavy (non-hydrogen) atoms. The molecule has 0 aliphatic heterocycles. The zero-order valence-corrected chi connectivity index (χ0v) is 17.7. The SMILES string of the molecule is Clc1nc(-c2cc3oc4ccccc4c3c3ccccc23)c2sc3ccccc3c2n1. The molecule has 0 aliphatic carbocycles. The number of rotatable bonds is 1. The molecule has 0 unspecified atom stereocenters. The minimum absolute atomic E-state index is 0.250. The summed E-state index contributed by atoms with van der Waals surface area (Å²) in [6, 6.07) is 26.9. The van der Waals surface area contributed by atoms with Crippen LogP contribution in [-0.4, -0.2) is 9.97 Å². The average Bonchev–Trinajstić information content (AvgIpc) is 3.36. The van der Waals surface area contributed by atoms with Crippen molar-refractivity contribution in [3.8, 4) is 11.3 Å². The highest BCUT2D eigenvalue weighted by Gasteiger charge is 2.19. The summed E-state index contributed by atoms with van der Waals surface area (Å²) >= 11 is 8.12. The smallest absolute Gasteiger partial charge is 0.223 e. The monoisotopic (exact) mass is 436 g/mol. The average molecular weight is 437 g/mol. The molecule has 7 aromatic rings. The van der Waals surface area contributed by atoms with E-state index in [4.69, 9.17) is 21.0 Å². The van der Waals surface area contributed by atoms with E-state index in [1.807, 2.05) is 30.3 Å². The molecule has 0 amide bonds. The van der Waals surface area contributed by atoms with Crippen LogP contribution in [0.15, 0.2) is 83.3 Å². The van der Waals surface area contributed by atoms with E-state index in [0.29, 0.717) is 0 Å². The number of nitrogens with zero attached hydrogens (tertiary/aromatic N) is 2. The second kappa shape index (κ2) is 6.27. The van der Waals surface area contributed by atoms with E-state index in [1.165, 1.54) is 4.70 Å². The van der Waals surface area contributed by atoms with Gasteiger partial charge in [0.1, 0.15) is 11.2 Å². The van der Waals surface area contributed by atoms with Crippen LogP contribution in [0.2, 0.25) is 5.28 Å². The van der Waals surface area contributed by atoms with Gasteiger partial charge in [0.05, 0.1) is 15.9 Å². The molecule has 7 rings (SSSR count). The molecule has 5 heteroatoms. The van der Waals surface area contributed by atoms with Crippen LogP contribution in [0.5, 0.6) is 0 Å². The second-order valence-corrected chi connectivity index (χ2v) is 8.95. The number of hydrogen-bond acceptors (Lipinski definition) is 4. The largest absolute Gasteiger partial charge is 0.456 e. The van der Waals surface area contributed by atoms with Gasteiger partial charge in [-0.3, -0.25) is 0 Å². The van der Waals surface area contributed by atoms with Crippen LogP contribution in [-0.2, 0) is 0 Å². The Labute approximate surface area is 185 Å². The molecule has 4 aromatic carbocycles. The van der Waals surface area contributed by atoms with Crippen molar-refractivity contribution < 1.29 is 4.42 Å². The number of hydrogen-bond donors (Lipinski definition) is 0. The van der Waals surface area contributed by atoms with Gasteiger partial charge < -0.3 is 4.42 Å². The number of benzene rings is 4. The van der Waals surface area contributed by atoms with Gasteiger partial charge in [-0.15, -0.1) is 11.3 Å². The summed E-state index contributed by atoms with van der Waals surface area (Å²) in [6.45, 7) is 0. The van der Waals surface area contributed by atoms with Gasteiger partial charge in [-0.25, -0.2) is 9.97 Å². The number of aromatic nitrogens is 2. The van der Waals surface area contributed by atoms with Crippen molar-refractivity contribution >= 4 is 76.0 Å². The Morgan fingerprint density at radius 2 is 1.42 bits per heavy atom. The van der Waals surface area contributed by atoms with Crippen LogP contribution >= 0.6 is 22.9 Å². The fourth-order valence-corrected chi connectivity index (χ4v) is 5.85. The molecule has 3 aromatic heterocycles. The van der Waals surface area contributed by atoms with E-state index in [-0.39, 0.29) is 5.28 Å². The van der Waals surface area contributed by atoms with Crippen LogP contribution in [0.1, 0.15) is 0 Å². The van der Waals surface area contributed by atoms with E-state index in [1.54, 1.807) is 11.3 Å². The quantitative estimate of drug-likeness (QED) is 0.243. The van der Waals surface area contributed by atoms with Gasteiger partial charge in [-0.1, -0.05) is 60.7 Å². The first kappa shape index (κ1) is 17.2. The molecule has 3 heterocycles. The fraction of sp³-hybridized carbons (Fsp3) is 0. The van der Waals surface area contributed by atoms with Gasteiger partial charge in [0.25, 0.3) is 0 Å². The third-order valence-electron chi connectivity index (χ3n) is 5.83. The van der Waals surface area contributed by atoms with E-state index < -0.39 is 0 Å². The number of halogens is 1. The molecule has 146 valence electrons. The molecular weight excluding hydrogens is 424 g/mol. The van der Waals surface area contributed by atoms with Crippen molar-refractivity contribution in [3.63, 3.8) is 0 Å². The number of furan rings is 1. The van der Waals surface area contributed by atoms with Crippen molar-refractivity contribution in [1.29, 1.82) is 0 Å². The number of fused-ring (bicyclic) bond motifs is 8. The maximum absolute atomic E-state index is 6.42. The summed E-state index contributed by atoms with van der Waals surface area (Å²) in [5.41, 5.74) is 4.47. The number of para-hydroxylation sites is 1. The van der Waals surface area contributed by atoms with E-state index in [9.17, 15) is 0 Å². The molecular formula is C26H13ClN2OS. The molecule has 0 fully saturated rings. The zero-order valence-electron chi connectivity index (χ0n) is 16.1. The standard InChI is InChI=1S/C26H13ClN2OS/c27-26-28-23-17-10-4-6-12-21(17)31-25(23)24(29-26)18-13-20-22(15-8-2-1-7-14(15)18)16-9-3-5-11-19(16)30-20/h1-13H. The van der Waals surface area contributed by atoms with Gasteiger partial charge in [-0.05, 0) is 40.6 Å². The molecule has 0 spiro atoms. The van der Waals surface area contributed by atoms with Crippen LogP contribution in [0.4, 0.5) is 0 Å². The van der Waals surface area contributed by atoms with Gasteiger partial charge in [-0.2, -0.15) is 0 Å². The summed E-state index contributed by atoms with van der Waals surface area (Å²) in [5.74, 6) is 0. The van der Waals surface area contributed by atoms with Crippen molar-refractivity contribution in [1.82, 2.24) is 9.97 Å². The van der Waals surface area contributed by atoms with Crippen LogP contribution in [0.3, 0.4) is 0 Å². The highest BCUT2D eigenvalue weighted by molar-refractivity contribution is 7.26. The van der Waals surface area contributed by atoms with Crippen molar-refractivity contribution in [2.45, 2.75) is 0 Å². The lowest BCUT2D eigenvalue weighted by Gasteiger charge is -2.09. The Balaban J connectivity index is 1.68. The number of thiophene rings is 1. The van der Waals surface area contributed by atoms with E-state index in [0.717, 1.165) is 59.6 Å². The molecule has 0 aliphatic rings. The van der Waals surface area contributed by atoms with Crippen molar-refractivity contribution in [3.05, 3.63) is 84.1 Å². The topological polar surface area (TPSA) is 38.9 Å². The summed E-state index contributed by atoms with van der Waals surface area (Å²) in [6.07, 6.45) is 0. The molecule has 0 N–H and O–H groups in total. The van der Waals surface area contributed by atoms with Crippen molar-refractivity contribution in [2.75, 3.05) is 0 Å². The molecule has 0 atom stereocenters. The van der Waals surface area contributed by atoms with Gasteiger partial charge in [0.15, 0.2) is 0 Å². The normalized spacial score (nSPS) is 12.0. The van der Waals surface area contributed by atoms with Crippen molar-refractivity contribution in [2.24, 2.45) is 0 Å². The third kappa shape index (κ3) is 2.40. The zero-order chi connectivity index (χ0) is 20.5. The lowest BCUT2D eigenvalue weighted by molar-refractivity contribution is 0.669. The molecule has 0 saturated heterocycles. The summed E-state index contributed by atoms with van der Waals surface area (Å²) in [7, 11) is 0. The minimum Gasteiger partial charge on any atom is -0.456 e. The Hall–Kier alpha value is -3.47. The lowest BCUT2D eigenvalue weighted by atomic mass is 9.97. The molecule has 0 bridgehead atoms. The van der Waals surface area contributed by atoms with E-state index in [2.05, 4.69) is 53.5 Å². The third-order valence-corrected chi connectivity index (χ3v) is 7.17. The van der Waals surface area contributed by atoms with Gasteiger partial charge in [0.2, 0.25) is 5.28 Å². The second-order valence-electron chi connectivity index (χ2n) is 7.56. The molecule has 3 nitrogen and oxygen atoms in total. The first-order valence-electron chi connectivity index (χ1n) is 9.96. The van der Waals surface area contributed by atoms with Crippen LogP contribution < -0.4 is 0 Å². The maximum Gasteiger partial charge on any atom is 0.223 e. The first-order valence-corrected chi connectivity index (χ1v) is 11.2. The van der Waals surface area contributed by atoms with E-state index >= 15 is 0 Å². The Kier molecular flexibility index (Phi) is 3.48. The van der Waals surface area contributed by atoms with Crippen LogP contribution in [0.25, 0.3) is 64.3 Å². The lowest BCUT2D eigenvalue weighted by Crippen LogP contribution is -1.90. The Morgan fingerprint density at radius 3 is 2.29 bits per heavy atom. The van der Waals surface area contributed by atoms with Crippen LogP contribution in [0, 0.1) is 0 Å². The summed E-state index contributed by atoms with van der Waals surface area (Å²) < 4.78 is 8.46. The van der Waals surface area contributed by atoms with Gasteiger partial charge >= 0.3 is 0 Å². The fourth-order valence-electron chi connectivity index (χ4n) is 4.53. The predicted molar refractivity (Wildman–Crippen MR) is 130 cm³/mol. The Morgan fingerprint density at radius 1 is 0.710 bits per heavy atom. The predicted octanol–water partition coefficient (Wildman–Crippen LogP) is 8.22. The highest BCUT2D eigenvalue weighted by Crippen LogP contribution is 2.44. The molecule has 0 saturated carbocycles. The minimum atomic E-state index is 0.250. The van der Waals surface area contributed by atoms with Gasteiger partial charge in [0, 0.05) is 26.4 Å². The first-order chi connectivity index (χ1) is 15.3.